The molecule has 6 nitrogen and oxygen atoms in total. The van der Waals surface area contributed by atoms with E-state index in [0.29, 0.717) is 24.8 Å². The van der Waals surface area contributed by atoms with E-state index in [0.717, 1.165) is 56.6 Å². The van der Waals surface area contributed by atoms with Crippen LogP contribution in [0.4, 0.5) is 0 Å². The molecule has 0 saturated carbocycles. The van der Waals surface area contributed by atoms with E-state index in [1.807, 2.05) is 42.5 Å². The molecule has 172 valence electrons. The molecule has 2 atom stereocenters. The van der Waals surface area contributed by atoms with Crippen molar-refractivity contribution >= 4 is 5.91 Å². The molecule has 2 unspecified atom stereocenters. The maximum absolute atomic E-state index is 12.9. The smallest absolute Gasteiger partial charge is 0.251 e. The highest BCUT2D eigenvalue weighted by Crippen LogP contribution is 2.21. The Kier molecular flexibility index (Phi) is 7.79. The molecule has 32 heavy (non-hydrogen) atoms. The standard InChI is InChI=1S/C26H35N3O3/c1-28-16-13-22(14-17-28)29-15-5-8-25(30)24(18-29)27-26(31)21-9-11-23(12-10-21)32-19-20-6-3-2-4-7-20/h2-4,6-7,9-12,22,24-25,30H,5,8,13-19H2,1H3,(H,27,31). The van der Waals surface area contributed by atoms with E-state index in [-0.39, 0.29) is 11.9 Å². The first kappa shape index (κ1) is 22.8. The number of ether oxygens (including phenoxy) is 1. The molecule has 2 heterocycles. The third-order valence-electron chi connectivity index (χ3n) is 6.73. The Labute approximate surface area is 191 Å². The Hall–Kier alpha value is -2.41. The molecule has 0 aliphatic carbocycles. The lowest BCUT2D eigenvalue weighted by atomic mass is 10.0. The van der Waals surface area contributed by atoms with Gasteiger partial charge in [-0.3, -0.25) is 9.69 Å². The third kappa shape index (κ3) is 6.09. The zero-order valence-electron chi connectivity index (χ0n) is 19.0. The van der Waals surface area contributed by atoms with E-state index < -0.39 is 6.10 Å². The molecule has 2 saturated heterocycles. The lowest BCUT2D eigenvalue weighted by Gasteiger charge is -2.38. The highest BCUT2D eigenvalue weighted by atomic mass is 16.5. The number of hydrogen-bond acceptors (Lipinski definition) is 5. The van der Waals surface area contributed by atoms with E-state index in [2.05, 4.69) is 22.2 Å². The number of aliphatic hydroxyl groups excluding tert-OH is 1. The molecule has 2 N–H and O–H groups in total. The highest BCUT2D eigenvalue weighted by molar-refractivity contribution is 5.94. The highest BCUT2D eigenvalue weighted by Gasteiger charge is 2.31. The van der Waals surface area contributed by atoms with Crippen LogP contribution in [-0.2, 0) is 6.61 Å². The first-order valence-electron chi connectivity index (χ1n) is 11.8. The second-order valence-corrected chi connectivity index (χ2v) is 9.12. The van der Waals surface area contributed by atoms with Crippen molar-refractivity contribution < 1.29 is 14.6 Å². The molecule has 2 aromatic carbocycles. The van der Waals surface area contributed by atoms with Crippen molar-refractivity contribution in [3.8, 4) is 5.75 Å². The maximum Gasteiger partial charge on any atom is 0.251 e. The van der Waals surface area contributed by atoms with Crippen LogP contribution in [0.25, 0.3) is 0 Å². The second-order valence-electron chi connectivity index (χ2n) is 9.12. The molecule has 6 heteroatoms. The lowest BCUT2D eigenvalue weighted by Crippen LogP contribution is -2.52. The molecule has 0 radical (unpaired) electrons. The van der Waals surface area contributed by atoms with Crippen molar-refractivity contribution in [1.29, 1.82) is 0 Å². The molecule has 2 aliphatic rings. The van der Waals surface area contributed by atoms with Gasteiger partial charge < -0.3 is 20.1 Å². The van der Waals surface area contributed by atoms with Gasteiger partial charge in [0.2, 0.25) is 0 Å². The Morgan fingerprint density at radius 1 is 1.03 bits per heavy atom. The van der Waals surface area contributed by atoms with Crippen molar-refractivity contribution in [1.82, 2.24) is 15.1 Å². The van der Waals surface area contributed by atoms with Gasteiger partial charge >= 0.3 is 0 Å². The number of amides is 1. The van der Waals surface area contributed by atoms with Gasteiger partial charge in [0.25, 0.3) is 5.91 Å². The van der Waals surface area contributed by atoms with Crippen LogP contribution in [0, 0.1) is 0 Å². The minimum Gasteiger partial charge on any atom is -0.489 e. The van der Waals surface area contributed by atoms with Crippen molar-refractivity contribution in [2.24, 2.45) is 0 Å². The summed E-state index contributed by atoms with van der Waals surface area (Å²) in [6, 6.07) is 17.5. The first-order chi connectivity index (χ1) is 15.6. The van der Waals surface area contributed by atoms with Gasteiger partial charge in [-0.2, -0.15) is 0 Å². The fourth-order valence-electron chi connectivity index (χ4n) is 4.70. The molecule has 2 aliphatic heterocycles. The third-order valence-corrected chi connectivity index (χ3v) is 6.73. The summed E-state index contributed by atoms with van der Waals surface area (Å²) < 4.78 is 5.82. The number of carbonyl (C=O) groups is 1. The van der Waals surface area contributed by atoms with Gasteiger partial charge in [0.1, 0.15) is 12.4 Å². The summed E-state index contributed by atoms with van der Waals surface area (Å²) in [4.78, 5) is 17.8. The summed E-state index contributed by atoms with van der Waals surface area (Å²) in [7, 11) is 2.17. The number of hydrogen-bond donors (Lipinski definition) is 2. The number of nitrogens with zero attached hydrogens (tertiary/aromatic N) is 2. The van der Waals surface area contributed by atoms with Crippen LogP contribution in [0.3, 0.4) is 0 Å². The quantitative estimate of drug-likeness (QED) is 0.728. The molecular formula is C26H35N3O3. The van der Waals surface area contributed by atoms with Crippen molar-refractivity contribution in [3.05, 3.63) is 65.7 Å². The van der Waals surface area contributed by atoms with E-state index in [9.17, 15) is 9.90 Å². The first-order valence-corrected chi connectivity index (χ1v) is 11.8. The summed E-state index contributed by atoms with van der Waals surface area (Å²) >= 11 is 0. The van der Waals surface area contributed by atoms with Gasteiger partial charge in [-0.1, -0.05) is 30.3 Å². The average Bonchev–Trinajstić information content (AvgIpc) is 3.00. The van der Waals surface area contributed by atoms with Gasteiger partial charge in [0.05, 0.1) is 12.1 Å². The lowest BCUT2D eigenvalue weighted by molar-refractivity contribution is 0.0723. The molecule has 2 aromatic rings. The van der Waals surface area contributed by atoms with E-state index >= 15 is 0 Å². The minimum atomic E-state index is -0.510. The zero-order valence-corrected chi connectivity index (χ0v) is 19.0. The fraction of sp³-hybridized carbons (Fsp3) is 0.500. The average molecular weight is 438 g/mol. The monoisotopic (exact) mass is 437 g/mol. The molecule has 0 bridgehead atoms. The topological polar surface area (TPSA) is 65.0 Å². The van der Waals surface area contributed by atoms with Crippen LogP contribution in [0.1, 0.15) is 41.6 Å². The Morgan fingerprint density at radius 3 is 2.47 bits per heavy atom. The SMILES string of the molecule is CN1CCC(N2CCCC(O)C(NC(=O)c3ccc(OCc4ccccc4)cc3)C2)CC1. The summed E-state index contributed by atoms with van der Waals surface area (Å²) in [6.07, 6.45) is 3.48. The Balaban J connectivity index is 1.33. The van der Waals surface area contributed by atoms with Crippen molar-refractivity contribution in [3.63, 3.8) is 0 Å². The van der Waals surface area contributed by atoms with Gasteiger partial charge in [0.15, 0.2) is 0 Å². The molecule has 1 amide bonds. The van der Waals surface area contributed by atoms with Gasteiger partial charge in [0, 0.05) is 18.2 Å². The molecule has 2 fully saturated rings. The van der Waals surface area contributed by atoms with E-state index in [1.54, 1.807) is 12.1 Å². The van der Waals surface area contributed by atoms with Crippen LogP contribution >= 0.6 is 0 Å². The van der Waals surface area contributed by atoms with E-state index in [4.69, 9.17) is 4.74 Å². The number of nitrogens with one attached hydrogen (secondary N) is 1. The van der Waals surface area contributed by atoms with Gasteiger partial charge in [-0.15, -0.1) is 0 Å². The van der Waals surface area contributed by atoms with Crippen LogP contribution in [0.2, 0.25) is 0 Å². The molecule has 4 rings (SSSR count). The number of piperidine rings is 1. The Morgan fingerprint density at radius 2 is 1.75 bits per heavy atom. The summed E-state index contributed by atoms with van der Waals surface area (Å²) in [5, 5.41) is 13.8. The number of rotatable bonds is 6. The van der Waals surface area contributed by atoms with E-state index in [1.165, 1.54) is 0 Å². The molecule has 0 aromatic heterocycles. The second kappa shape index (κ2) is 10.9. The summed E-state index contributed by atoms with van der Waals surface area (Å²) in [5.74, 6) is 0.585. The normalized spacial score (nSPS) is 23.4. The predicted molar refractivity (Wildman–Crippen MR) is 126 cm³/mol. The number of likely N-dealkylation sites (tertiary alicyclic amines) is 2. The number of benzene rings is 2. The fourth-order valence-corrected chi connectivity index (χ4v) is 4.70. The van der Waals surface area contributed by atoms with Crippen LogP contribution in [-0.4, -0.2) is 72.2 Å². The number of aliphatic hydroxyl groups is 1. The van der Waals surface area contributed by atoms with Crippen LogP contribution in [0.15, 0.2) is 54.6 Å². The number of carbonyl (C=O) groups excluding carboxylic acids is 1. The van der Waals surface area contributed by atoms with Crippen molar-refractivity contribution in [2.75, 3.05) is 33.2 Å². The summed E-state index contributed by atoms with van der Waals surface area (Å²) in [6.45, 7) is 4.41. The summed E-state index contributed by atoms with van der Waals surface area (Å²) in [5.41, 5.74) is 1.69. The van der Waals surface area contributed by atoms with Gasteiger partial charge in [-0.25, -0.2) is 0 Å². The van der Waals surface area contributed by atoms with Gasteiger partial charge in [-0.05, 0) is 82.2 Å². The molecular weight excluding hydrogens is 402 g/mol. The molecule has 0 spiro atoms. The zero-order chi connectivity index (χ0) is 22.3. The largest absolute Gasteiger partial charge is 0.489 e. The predicted octanol–water partition coefficient (Wildman–Crippen LogP) is 2.91. The van der Waals surface area contributed by atoms with Crippen LogP contribution < -0.4 is 10.1 Å². The Bertz CT molecular complexity index is 850. The maximum atomic E-state index is 12.9. The minimum absolute atomic E-state index is 0.145. The van der Waals surface area contributed by atoms with Crippen LogP contribution in [0.5, 0.6) is 5.75 Å². The van der Waals surface area contributed by atoms with Crippen molar-refractivity contribution in [2.45, 2.75) is 50.5 Å².